The molecule has 1 atom stereocenters. The molecule has 1 aromatic heterocycles. The summed E-state index contributed by atoms with van der Waals surface area (Å²) in [6, 6.07) is 13.0. The van der Waals surface area contributed by atoms with Crippen LogP contribution in [0.5, 0.6) is 0 Å². The second kappa shape index (κ2) is 5.18. The van der Waals surface area contributed by atoms with Crippen molar-refractivity contribution < 1.29 is 9.74 Å². The summed E-state index contributed by atoms with van der Waals surface area (Å²) < 4.78 is 4.70. The topological polar surface area (TPSA) is 97.2 Å². The lowest BCUT2D eigenvalue weighted by Gasteiger charge is -2.13. The average molecular weight is 270 g/mol. The summed E-state index contributed by atoms with van der Waals surface area (Å²) in [6.45, 7) is 0.357. The SMILES string of the molecule is Nc1ccc(NCC(O)c2ccccc2)c2nonc12. The van der Waals surface area contributed by atoms with Crippen molar-refractivity contribution >= 4 is 22.4 Å². The molecule has 6 heteroatoms. The van der Waals surface area contributed by atoms with Gasteiger partial charge in [0, 0.05) is 6.54 Å². The van der Waals surface area contributed by atoms with Crippen molar-refractivity contribution in [3.8, 4) is 0 Å². The van der Waals surface area contributed by atoms with E-state index < -0.39 is 6.10 Å². The van der Waals surface area contributed by atoms with Gasteiger partial charge in [-0.25, -0.2) is 4.63 Å². The molecule has 1 heterocycles. The van der Waals surface area contributed by atoms with Gasteiger partial charge >= 0.3 is 0 Å². The highest BCUT2D eigenvalue weighted by atomic mass is 16.6. The molecule has 4 N–H and O–H groups in total. The summed E-state index contributed by atoms with van der Waals surface area (Å²) in [5, 5.41) is 20.8. The summed E-state index contributed by atoms with van der Waals surface area (Å²) in [7, 11) is 0. The van der Waals surface area contributed by atoms with Crippen LogP contribution in [0.1, 0.15) is 11.7 Å². The lowest BCUT2D eigenvalue weighted by Crippen LogP contribution is -2.12. The van der Waals surface area contributed by atoms with Crippen molar-refractivity contribution in [3.63, 3.8) is 0 Å². The lowest BCUT2D eigenvalue weighted by atomic mass is 10.1. The largest absolute Gasteiger partial charge is 0.397 e. The molecule has 0 radical (unpaired) electrons. The van der Waals surface area contributed by atoms with E-state index in [1.54, 1.807) is 12.1 Å². The number of anilines is 2. The fraction of sp³-hybridized carbons (Fsp3) is 0.143. The summed E-state index contributed by atoms with van der Waals surface area (Å²) in [5.41, 5.74) is 8.94. The third-order valence-corrected chi connectivity index (χ3v) is 3.12. The van der Waals surface area contributed by atoms with Crippen LogP contribution in [0.3, 0.4) is 0 Å². The molecular weight excluding hydrogens is 256 g/mol. The second-order valence-corrected chi connectivity index (χ2v) is 4.47. The normalized spacial score (nSPS) is 12.4. The molecule has 3 aromatic rings. The minimum atomic E-state index is -0.608. The maximum absolute atomic E-state index is 10.1. The molecule has 0 aliphatic carbocycles. The summed E-state index contributed by atoms with van der Waals surface area (Å²) in [5.74, 6) is 0. The molecule has 0 amide bonds. The number of benzene rings is 2. The number of aliphatic hydroxyl groups excluding tert-OH is 1. The minimum Gasteiger partial charge on any atom is -0.397 e. The highest BCUT2D eigenvalue weighted by molar-refractivity contribution is 5.94. The Kier molecular flexibility index (Phi) is 3.22. The molecule has 2 aromatic carbocycles. The van der Waals surface area contributed by atoms with Crippen LogP contribution in [0.25, 0.3) is 11.0 Å². The van der Waals surface area contributed by atoms with Gasteiger partial charge in [-0.05, 0) is 28.0 Å². The van der Waals surface area contributed by atoms with Crippen molar-refractivity contribution in [1.29, 1.82) is 0 Å². The Morgan fingerprint density at radius 2 is 1.85 bits per heavy atom. The lowest BCUT2D eigenvalue weighted by molar-refractivity contribution is 0.191. The molecule has 0 aliphatic heterocycles. The van der Waals surface area contributed by atoms with Crippen LogP contribution in [-0.4, -0.2) is 22.0 Å². The van der Waals surface area contributed by atoms with Crippen molar-refractivity contribution in [2.24, 2.45) is 0 Å². The molecule has 0 spiro atoms. The predicted octanol–water partition coefficient (Wildman–Crippen LogP) is 1.95. The first-order valence-corrected chi connectivity index (χ1v) is 6.23. The number of hydrogen-bond donors (Lipinski definition) is 3. The molecule has 0 aliphatic rings. The van der Waals surface area contributed by atoms with E-state index in [9.17, 15) is 5.11 Å². The Morgan fingerprint density at radius 3 is 2.65 bits per heavy atom. The van der Waals surface area contributed by atoms with Crippen LogP contribution < -0.4 is 11.1 Å². The number of nitrogen functional groups attached to an aromatic ring is 1. The molecule has 0 saturated heterocycles. The minimum absolute atomic E-state index is 0.357. The third kappa shape index (κ3) is 2.28. The zero-order chi connectivity index (χ0) is 13.9. The van der Waals surface area contributed by atoms with Gasteiger partial charge in [-0.3, -0.25) is 0 Å². The van der Waals surface area contributed by atoms with Crippen LogP contribution in [0.15, 0.2) is 47.1 Å². The van der Waals surface area contributed by atoms with E-state index in [1.807, 2.05) is 30.3 Å². The number of fused-ring (bicyclic) bond motifs is 1. The fourth-order valence-corrected chi connectivity index (χ4v) is 2.03. The van der Waals surface area contributed by atoms with E-state index in [1.165, 1.54) is 0 Å². The quantitative estimate of drug-likeness (QED) is 0.627. The standard InChI is InChI=1S/C14H14N4O2/c15-10-6-7-11(14-13(10)17-20-18-14)16-8-12(19)9-4-2-1-3-5-9/h1-7,12,16,19H,8,15H2. The van der Waals surface area contributed by atoms with E-state index in [0.29, 0.717) is 23.3 Å². The maximum Gasteiger partial charge on any atom is 0.160 e. The van der Waals surface area contributed by atoms with Crippen LogP contribution in [-0.2, 0) is 0 Å². The van der Waals surface area contributed by atoms with E-state index in [0.717, 1.165) is 11.3 Å². The second-order valence-electron chi connectivity index (χ2n) is 4.47. The first-order chi connectivity index (χ1) is 9.75. The molecule has 20 heavy (non-hydrogen) atoms. The summed E-state index contributed by atoms with van der Waals surface area (Å²) in [4.78, 5) is 0. The van der Waals surface area contributed by atoms with E-state index in [4.69, 9.17) is 10.4 Å². The Morgan fingerprint density at radius 1 is 1.10 bits per heavy atom. The number of nitrogens with zero attached hydrogens (tertiary/aromatic N) is 2. The Hall–Kier alpha value is -2.60. The van der Waals surface area contributed by atoms with Gasteiger partial charge in [0.05, 0.1) is 17.5 Å². The molecule has 0 saturated carbocycles. The van der Waals surface area contributed by atoms with Gasteiger partial charge in [0.15, 0.2) is 11.0 Å². The number of nitrogens with two attached hydrogens (primary N) is 1. The van der Waals surface area contributed by atoms with Gasteiger partial charge in [0.25, 0.3) is 0 Å². The van der Waals surface area contributed by atoms with Gasteiger partial charge in [0.2, 0.25) is 0 Å². The molecule has 1 unspecified atom stereocenters. The molecule has 0 fully saturated rings. The Balaban J connectivity index is 1.77. The zero-order valence-corrected chi connectivity index (χ0v) is 10.7. The third-order valence-electron chi connectivity index (χ3n) is 3.12. The van der Waals surface area contributed by atoms with E-state index in [-0.39, 0.29) is 0 Å². The van der Waals surface area contributed by atoms with Crippen LogP contribution in [0.2, 0.25) is 0 Å². The van der Waals surface area contributed by atoms with Crippen molar-refractivity contribution in [2.75, 3.05) is 17.6 Å². The van der Waals surface area contributed by atoms with Crippen LogP contribution in [0.4, 0.5) is 11.4 Å². The highest BCUT2D eigenvalue weighted by Crippen LogP contribution is 2.25. The Bertz CT molecular complexity index is 712. The first kappa shape index (κ1) is 12.4. The Labute approximate surface area is 115 Å². The number of aliphatic hydroxyl groups is 1. The van der Waals surface area contributed by atoms with Gasteiger partial charge < -0.3 is 16.2 Å². The monoisotopic (exact) mass is 270 g/mol. The average Bonchev–Trinajstić information content (AvgIpc) is 2.98. The molecule has 3 rings (SSSR count). The van der Waals surface area contributed by atoms with Crippen molar-refractivity contribution in [1.82, 2.24) is 10.3 Å². The van der Waals surface area contributed by atoms with Crippen LogP contribution >= 0.6 is 0 Å². The van der Waals surface area contributed by atoms with Crippen molar-refractivity contribution in [3.05, 3.63) is 48.0 Å². The van der Waals surface area contributed by atoms with E-state index in [2.05, 4.69) is 15.6 Å². The first-order valence-electron chi connectivity index (χ1n) is 6.23. The van der Waals surface area contributed by atoms with Crippen LogP contribution in [0, 0.1) is 0 Å². The molecular formula is C14H14N4O2. The number of nitrogens with one attached hydrogen (secondary N) is 1. The molecule has 0 bridgehead atoms. The van der Waals surface area contributed by atoms with Gasteiger partial charge in [-0.2, -0.15) is 0 Å². The number of aromatic nitrogens is 2. The van der Waals surface area contributed by atoms with E-state index >= 15 is 0 Å². The summed E-state index contributed by atoms with van der Waals surface area (Å²) >= 11 is 0. The predicted molar refractivity (Wildman–Crippen MR) is 76.1 cm³/mol. The number of rotatable bonds is 4. The molecule has 102 valence electrons. The van der Waals surface area contributed by atoms with Gasteiger partial charge in [-0.1, -0.05) is 30.3 Å². The van der Waals surface area contributed by atoms with Gasteiger partial charge in [-0.15, -0.1) is 0 Å². The zero-order valence-electron chi connectivity index (χ0n) is 10.7. The smallest absolute Gasteiger partial charge is 0.160 e. The fourth-order valence-electron chi connectivity index (χ4n) is 2.03. The highest BCUT2D eigenvalue weighted by Gasteiger charge is 2.12. The van der Waals surface area contributed by atoms with Crippen molar-refractivity contribution in [2.45, 2.75) is 6.10 Å². The number of hydrogen-bond acceptors (Lipinski definition) is 6. The maximum atomic E-state index is 10.1. The summed E-state index contributed by atoms with van der Waals surface area (Å²) in [6.07, 6.45) is -0.608. The molecule has 6 nitrogen and oxygen atoms in total. The van der Waals surface area contributed by atoms with Gasteiger partial charge in [0.1, 0.15) is 0 Å².